The normalized spacial score (nSPS) is 13.1. The molecule has 0 aliphatic heterocycles. The van der Waals surface area contributed by atoms with Gasteiger partial charge < -0.3 is 20.1 Å². The zero-order valence-electron chi connectivity index (χ0n) is 57.8. The molecule has 0 radical (unpaired) electrons. The Hall–Kier alpha value is -2.03. The molecule has 0 fully saturated rings. The van der Waals surface area contributed by atoms with Gasteiger partial charge in [-0.25, -0.2) is 4.57 Å². The summed E-state index contributed by atoms with van der Waals surface area (Å²) in [5.41, 5.74) is 5.41. The van der Waals surface area contributed by atoms with Crippen molar-refractivity contribution in [2.45, 2.75) is 405 Å². The van der Waals surface area contributed by atoms with Crippen molar-refractivity contribution < 1.29 is 37.6 Å². The molecule has 0 aliphatic rings. The Morgan fingerprint density at radius 2 is 0.598 bits per heavy atom. The molecule has 87 heavy (non-hydrogen) atoms. The van der Waals surface area contributed by atoms with Crippen molar-refractivity contribution >= 4 is 19.8 Å². The van der Waals surface area contributed by atoms with Crippen molar-refractivity contribution in [1.82, 2.24) is 0 Å². The average molecular weight is 1240 g/mol. The average Bonchev–Trinajstić information content (AvgIpc) is 3.64. The minimum Gasteiger partial charge on any atom is -0.462 e. The molecule has 0 bridgehead atoms. The van der Waals surface area contributed by atoms with Crippen molar-refractivity contribution in [1.29, 1.82) is 0 Å². The molecule has 0 aromatic heterocycles. The molecule has 0 saturated heterocycles. The molecule has 0 saturated carbocycles. The maximum absolute atomic E-state index is 12.8. The maximum Gasteiger partial charge on any atom is 0.472 e. The van der Waals surface area contributed by atoms with Crippen LogP contribution in [0.3, 0.4) is 0 Å². The zero-order chi connectivity index (χ0) is 63.0. The molecule has 0 spiro atoms. The highest BCUT2D eigenvalue weighted by Gasteiger charge is 2.26. The number of carbonyl (C=O) groups excluding carboxylic acids is 2. The van der Waals surface area contributed by atoms with Gasteiger partial charge in [-0.1, -0.05) is 358 Å². The Kier molecular flexibility index (Phi) is 71.3. The highest BCUT2D eigenvalue weighted by molar-refractivity contribution is 7.47. The van der Waals surface area contributed by atoms with Crippen LogP contribution in [-0.4, -0.2) is 49.3 Å². The van der Waals surface area contributed by atoms with Crippen LogP contribution in [0.25, 0.3) is 0 Å². The number of nitrogens with two attached hydrogens (primary N) is 1. The third-order valence-electron chi connectivity index (χ3n) is 17.2. The summed E-state index contributed by atoms with van der Waals surface area (Å²) in [6.07, 6.45) is 93.9. The second-order valence-corrected chi connectivity index (χ2v) is 27.3. The highest BCUT2D eigenvalue weighted by Crippen LogP contribution is 2.43. The fourth-order valence-electron chi connectivity index (χ4n) is 11.5. The van der Waals surface area contributed by atoms with Gasteiger partial charge in [0.15, 0.2) is 6.10 Å². The van der Waals surface area contributed by atoms with Gasteiger partial charge in [-0.2, -0.15) is 0 Å². The van der Waals surface area contributed by atoms with E-state index in [1.165, 1.54) is 308 Å². The van der Waals surface area contributed by atoms with E-state index < -0.39 is 26.5 Å². The fraction of sp³-hybridized carbons (Fsp3) is 0.870. The molecule has 0 heterocycles. The van der Waals surface area contributed by atoms with Crippen molar-refractivity contribution in [3.05, 3.63) is 48.6 Å². The molecular formula is C77H146NO8P. The topological polar surface area (TPSA) is 134 Å². The summed E-state index contributed by atoms with van der Waals surface area (Å²) in [6.45, 7) is 3.79. The van der Waals surface area contributed by atoms with Gasteiger partial charge in [0.05, 0.1) is 13.2 Å². The van der Waals surface area contributed by atoms with Gasteiger partial charge >= 0.3 is 19.8 Å². The van der Waals surface area contributed by atoms with E-state index >= 15 is 0 Å². The monoisotopic (exact) mass is 1240 g/mol. The second kappa shape index (κ2) is 73.0. The van der Waals surface area contributed by atoms with Crippen LogP contribution < -0.4 is 5.73 Å². The smallest absolute Gasteiger partial charge is 0.462 e. The molecule has 10 heteroatoms. The van der Waals surface area contributed by atoms with Crippen LogP contribution >= 0.6 is 7.82 Å². The van der Waals surface area contributed by atoms with Gasteiger partial charge in [0, 0.05) is 19.4 Å². The van der Waals surface area contributed by atoms with Gasteiger partial charge in [-0.15, -0.1) is 0 Å². The molecule has 0 amide bonds. The number of hydrogen-bond donors (Lipinski definition) is 2. The van der Waals surface area contributed by atoms with E-state index in [0.29, 0.717) is 6.42 Å². The maximum atomic E-state index is 12.8. The lowest BCUT2D eigenvalue weighted by molar-refractivity contribution is -0.161. The Bertz CT molecular complexity index is 1570. The lowest BCUT2D eigenvalue weighted by Crippen LogP contribution is -2.29. The molecule has 0 aliphatic carbocycles. The standard InChI is InChI=1S/C77H146NO8P/c1-3-5-7-9-11-13-15-17-19-21-23-25-27-29-30-31-32-33-34-35-36-37-38-39-40-41-42-43-44-46-47-49-51-53-55-57-59-61-63-65-67-69-76(79)83-73-75(74-85-87(81,82)84-72-71-78)86-77(80)70-68-66-64-62-60-58-56-54-52-50-48-45-28-26-24-22-20-18-16-14-12-10-8-6-4-2/h16,18,21-24,28,45,75H,3-15,17,19-20,25-27,29-44,46-74,78H2,1-2H3,(H,81,82)/b18-16-,23-21-,24-22-,45-28-. The van der Waals surface area contributed by atoms with Gasteiger partial charge in [0.25, 0.3) is 0 Å². The first-order valence-corrected chi connectivity index (χ1v) is 39.6. The van der Waals surface area contributed by atoms with E-state index in [1.807, 2.05) is 0 Å². The summed E-state index contributed by atoms with van der Waals surface area (Å²) >= 11 is 0. The Morgan fingerprint density at radius 3 is 0.897 bits per heavy atom. The number of phosphoric ester groups is 1. The van der Waals surface area contributed by atoms with Gasteiger partial charge in [-0.05, 0) is 77.0 Å². The number of unbranched alkanes of at least 4 members (excludes halogenated alkanes) is 52. The molecule has 2 atom stereocenters. The van der Waals surface area contributed by atoms with Crippen LogP contribution in [0, 0.1) is 0 Å². The van der Waals surface area contributed by atoms with Gasteiger partial charge in [0.1, 0.15) is 6.61 Å². The number of ether oxygens (including phenoxy) is 2. The number of phosphoric acid groups is 1. The first kappa shape index (κ1) is 85.0. The third-order valence-corrected chi connectivity index (χ3v) is 18.2. The van der Waals surface area contributed by atoms with Crippen molar-refractivity contribution in [2.75, 3.05) is 26.4 Å². The molecular weight excluding hydrogens is 1100 g/mol. The van der Waals surface area contributed by atoms with Gasteiger partial charge in [-0.3, -0.25) is 18.6 Å². The molecule has 3 N–H and O–H groups in total. The number of carbonyl (C=O) groups is 2. The highest BCUT2D eigenvalue weighted by atomic mass is 31.2. The predicted octanol–water partition coefficient (Wildman–Crippen LogP) is 25.2. The summed E-state index contributed by atoms with van der Waals surface area (Å²) in [5.74, 6) is -0.813. The summed E-state index contributed by atoms with van der Waals surface area (Å²) < 4.78 is 33.2. The number of esters is 2. The quantitative estimate of drug-likeness (QED) is 0.0264. The second-order valence-electron chi connectivity index (χ2n) is 25.9. The first-order chi connectivity index (χ1) is 42.8. The van der Waals surface area contributed by atoms with E-state index in [1.54, 1.807) is 0 Å². The van der Waals surface area contributed by atoms with E-state index in [-0.39, 0.29) is 38.6 Å². The minimum absolute atomic E-state index is 0.0536. The van der Waals surface area contributed by atoms with Crippen LogP contribution in [0.5, 0.6) is 0 Å². The van der Waals surface area contributed by atoms with Gasteiger partial charge in [0.2, 0.25) is 0 Å². The lowest BCUT2D eigenvalue weighted by Gasteiger charge is -2.19. The fourth-order valence-corrected chi connectivity index (χ4v) is 12.3. The summed E-state index contributed by atoms with van der Waals surface area (Å²) in [7, 11) is -4.39. The SMILES string of the molecule is CCCCCCC/C=C\C/C=C\C/C=C\CCCCCCCCCCCCC(=O)OC(COC(=O)CCCCCCCCCCCCCCCCCCCCCCCCCCCCCCC/C=C\CCCCCCCCCC)COP(=O)(O)OCCN. The minimum atomic E-state index is -4.39. The molecule has 0 aromatic rings. The molecule has 2 unspecified atom stereocenters. The van der Waals surface area contributed by atoms with Crippen molar-refractivity contribution in [3.63, 3.8) is 0 Å². The third kappa shape index (κ3) is 72.9. The van der Waals surface area contributed by atoms with E-state index in [2.05, 4.69) is 62.5 Å². The van der Waals surface area contributed by atoms with Crippen LogP contribution in [0.2, 0.25) is 0 Å². The number of hydrogen-bond acceptors (Lipinski definition) is 8. The molecule has 9 nitrogen and oxygen atoms in total. The molecule has 0 rings (SSSR count). The van der Waals surface area contributed by atoms with Crippen molar-refractivity contribution in [3.8, 4) is 0 Å². The van der Waals surface area contributed by atoms with Crippen molar-refractivity contribution in [2.24, 2.45) is 5.73 Å². The Balaban J connectivity index is 3.75. The predicted molar refractivity (Wildman–Crippen MR) is 377 cm³/mol. The number of allylic oxidation sites excluding steroid dienone is 8. The van der Waals surface area contributed by atoms with E-state index in [4.69, 9.17) is 24.3 Å². The summed E-state index contributed by atoms with van der Waals surface area (Å²) in [6, 6.07) is 0. The summed E-state index contributed by atoms with van der Waals surface area (Å²) in [4.78, 5) is 35.4. The van der Waals surface area contributed by atoms with Crippen LogP contribution in [0.15, 0.2) is 48.6 Å². The Labute approximate surface area is 540 Å². The molecule has 512 valence electrons. The van der Waals surface area contributed by atoms with E-state index in [9.17, 15) is 19.0 Å². The lowest BCUT2D eigenvalue weighted by atomic mass is 10.0. The first-order valence-electron chi connectivity index (χ1n) is 38.1. The van der Waals surface area contributed by atoms with Crippen LogP contribution in [-0.2, 0) is 32.7 Å². The largest absolute Gasteiger partial charge is 0.472 e. The zero-order valence-corrected chi connectivity index (χ0v) is 58.7. The molecule has 0 aromatic carbocycles. The van der Waals surface area contributed by atoms with E-state index in [0.717, 1.165) is 57.8 Å². The summed E-state index contributed by atoms with van der Waals surface area (Å²) in [5, 5.41) is 0. The van der Waals surface area contributed by atoms with Crippen LogP contribution in [0.1, 0.15) is 399 Å². The van der Waals surface area contributed by atoms with Crippen LogP contribution in [0.4, 0.5) is 0 Å². The Morgan fingerprint density at radius 1 is 0.345 bits per heavy atom. The number of rotatable bonds is 73.